The summed E-state index contributed by atoms with van der Waals surface area (Å²) in [5.74, 6) is 0.0628. The zero-order valence-electron chi connectivity index (χ0n) is 10.5. The standard InChI is InChI=1S/C11H20ClNO4/c1-11(2,3)17-10(15)13-4-5-16-7-8(13)9(14)6-12/h8-9,14H,4-7H2,1-3H3. The second kappa shape index (κ2) is 5.89. The van der Waals surface area contributed by atoms with Crippen molar-refractivity contribution in [2.45, 2.75) is 38.5 Å². The van der Waals surface area contributed by atoms with E-state index in [4.69, 9.17) is 21.1 Å². The zero-order chi connectivity index (χ0) is 13.1. The first kappa shape index (κ1) is 14.5. The van der Waals surface area contributed by atoms with Crippen LogP contribution >= 0.6 is 11.6 Å². The molecule has 0 aromatic carbocycles. The first-order valence-corrected chi connectivity index (χ1v) is 6.20. The summed E-state index contributed by atoms with van der Waals surface area (Å²) in [5.41, 5.74) is -0.550. The van der Waals surface area contributed by atoms with E-state index in [1.54, 1.807) is 20.8 Å². The number of carbonyl (C=O) groups excluding carboxylic acids is 1. The Morgan fingerprint density at radius 2 is 2.29 bits per heavy atom. The number of hydrogen-bond acceptors (Lipinski definition) is 4. The molecule has 1 aliphatic rings. The van der Waals surface area contributed by atoms with Gasteiger partial charge in [0.1, 0.15) is 5.60 Å². The van der Waals surface area contributed by atoms with Crippen LogP contribution in [0.25, 0.3) is 0 Å². The van der Waals surface area contributed by atoms with Gasteiger partial charge >= 0.3 is 6.09 Å². The number of halogens is 1. The smallest absolute Gasteiger partial charge is 0.410 e. The van der Waals surface area contributed by atoms with Gasteiger partial charge < -0.3 is 14.6 Å². The molecule has 100 valence electrons. The molecule has 1 amide bonds. The number of nitrogens with zero attached hydrogens (tertiary/aromatic N) is 1. The highest BCUT2D eigenvalue weighted by Crippen LogP contribution is 2.17. The van der Waals surface area contributed by atoms with E-state index in [9.17, 15) is 9.90 Å². The zero-order valence-corrected chi connectivity index (χ0v) is 11.2. The lowest BCUT2D eigenvalue weighted by Crippen LogP contribution is -2.55. The van der Waals surface area contributed by atoms with E-state index in [0.717, 1.165) is 0 Å². The van der Waals surface area contributed by atoms with E-state index in [2.05, 4.69) is 0 Å². The molecule has 5 nitrogen and oxygen atoms in total. The predicted octanol–water partition coefficient (Wildman–Crippen LogP) is 1.22. The fourth-order valence-electron chi connectivity index (χ4n) is 1.59. The largest absolute Gasteiger partial charge is 0.444 e. The van der Waals surface area contributed by atoms with Crippen molar-refractivity contribution in [3.8, 4) is 0 Å². The highest BCUT2D eigenvalue weighted by atomic mass is 35.5. The topological polar surface area (TPSA) is 59.0 Å². The molecule has 0 radical (unpaired) electrons. The van der Waals surface area contributed by atoms with Crippen molar-refractivity contribution in [1.29, 1.82) is 0 Å². The second-order valence-electron chi connectivity index (χ2n) is 5.04. The number of aliphatic hydroxyl groups excluding tert-OH is 1. The van der Waals surface area contributed by atoms with Crippen LogP contribution < -0.4 is 0 Å². The lowest BCUT2D eigenvalue weighted by molar-refractivity contribution is -0.0616. The Kier molecular flexibility index (Phi) is 5.04. The third kappa shape index (κ3) is 4.33. The molecule has 0 aromatic rings. The number of morpholine rings is 1. The van der Waals surface area contributed by atoms with Crippen LogP contribution in [0.1, 0.15) is 20.8 Å². The molecule has 1 heterocycles. The number of amides is 1. The Labute approximate surface area is 107 Å². The van der Waals surface area contributed by atoms with Crippen molar-refractivity contribution in [1.82, 2.24) is 4.90 Å². The maximum atomic E-state index is 11.9. The van der Waals surface area contributed by atoms with E-state index in [1.165, 1.54) is 4.90 Å². The van der Waals surface area contributed by atoms with Crippen molar-refractivity contribution >= 4 is 17.7 Å². The van der Waals surface area contributed by atoms with Crippen LogP contribution in [0.2, 0.25) is 0 Å². The molecule has 0 aromatic heterocycles. The van der Waals surface area contributed by atoms with Gasteiger partial charge in [0.25, 0.3) is 0 Å². The van der Waals surface area contributed by atoms with Gasteiger partial charge in [0.15, 0.2) is 0 Å². The minimum Gasteiger partial charge on any atom is -0.444 e. The van der Waals surface area contributed by atoms with Gasteiger partial charge in [-0.15, -0.1) is 11.6 Å². The van der Waals surface area contributed by atoms with E-state index in [1.807, 2.05) is 0 Å². The summed E-state index contributed by atoms with van der Waals surface area (Å²) in [7, 11) is 0. The third-order valence-electron chi connectivity index (χ3n) is 2.40. The molecule has 2 unspecified atom stereocenters. The summed E-state index contributed by atoms with van der Waals surface area (Å²) in [6.45, 7) is 6.56. The molecule has 17 heavy (non-hydrogen) atoms. The summed E-state index contributed by atoms with van der Waals surface area (Å²) < 4.78 is 10.5. The van der Waals surface area contributed by atoms with Crippen LogP contribution in [0.5, 0.6) is 0 Å². The van der Waals surface area contributed by atoms with Crippen LogP contribution in [-0.2, 0) is 9.47 Å². The average Bonchev–Trinajstić information content (AvgIpc) is 2.25. The van der Waals surface area contributed by atoms with E-state index in [-0.39, 0.29) is 12.5 Å². The number of carbonyl (C=O) groups is 1. The monoisotopic (exact) mass is 265 g/mol. The van der Waals surface area contributed by atoms with Crippen molar-refractivity contribution in [3.05, 3.63) is 0 Å². The Morgan fingerprint density at radius 3 is 2.82 bits per heavy atom. The van der Waals surface area contributed by atoms with Gasteiger partial charge in [0, 0.05) is 6.54 Å². The number of aliphatic hydroxyl groups is 1. The maximum Gasteiger partial charge on any atom is 0.410 e. The van der Waals surface area contributed by atoms with Gasteiger partial charge in [-0.3, -0.25) is 4.90 Å². The predicted molar refractivity (Wildman–Crippen MR) is 64.3 cm³/mol. The van der Waals surface area contributed by atoms with E-state index in [0.29, 0.717) is 13.2 Å². The Bertz CT molecular complexity index is 267. The van der Waals surface area contributed by atoms with Gasteiger partial charge in [-0.05, 0) is 20.8 Å². The molecule has 1 aliphatic heterocycles. The summed E-state index contributed by atoms with van der Waals surface area (Å²) in [6.07, 6.45) is -1.24. The van der Waals surface area contributed by atoms with Gasteiger partial charge in [-0.2, -0.15) is 0 Å². The first-order chi connectivity index (χ1) is 7.85. The van der Waals surface area contributed by atoms with Crippen molar-refractivity contribution in [2.24, 2.45) is 0 Å². The lowest BCUT2D eigenvalue weighted by atomic mass is 10.1. The number of rotatable bonds is 2. The summed E-state index contributed by atoms with van der Waals surface area (Å²) in [5, 5.41) is 9.74. The Morgan fingerprint density at radius 1 is 1.65 bits per heavy atom. The van der Waals surface area contributed by atoms with Gasteiger partial charge in [-0.1, -0.05) is 0 Å². The Balaban J connectivity index is 2.67. The third-order valence-corrected chi connectivity index (χ3v) is 2.71. The van der Waals surface area contributed by atoms with Crippen molar-refractivity contribution in [2.75, 3.05) is 25.6 Å². The molecular weight excluding hydrogens is 246 g/mol. The minimum absolute atomic E-state index is 0.0628. The summed E-state index contributed by atoms with van der Waals surface area (Å²) in [6, 6.07) is -0.434. The molecule has 0 aliphatic carbocycles. The fourth-order valence-corrected chi connectivity index (χ4v) is 1.80. The first-order valence-electron chi connectivity index (χ1n) is 5.66. The molecule has 1 rings (SSSR count). The summed E-state index contributed by atoms with van der Waals surface area (Å²) >= 11 is 5.60. The number of ether oxygens (including phenoxy) is 2. The van der Waals surface area contributed by atoms with Crippen molar-refractivity contribution in [3.63, 3.8) is 0 Å². The molecule has 0 spiro atoms. The quantitative estimate of drug-likeness (QED) is 0.763. The normalized spacial score (nSPS) is 23.4. The molecule has 6 heteroatoms. The molecule has 2 atom stereocenters. The van der Waals surface area contributed by atoms with Crippen LogP contribution in [0, 0.1) is 0 Å². The van der Waals surface area contributed by atoms with Crippen molar-refractivity contribution < 1.29 is 19.4 Å². The fraction of sp³-hybridized carbons (Fsp3) is 0.909. The molecule has 0 saturated carbocycles. The number of alkyl halides is 1. The molecule has 1 fully saturated rings. The van der Waals surface area contributed by atoms with Crippen LogP contribution in [-0.4, -0.2) is 59.5 Å². The van der Waals surface area contributed by atoms with Gasteiger partial charge in [0.2, 0.25) is 0 Å². The lowest BCUT2D eigenvalue weighted by Gasteiger charge is -2.38. The van der Waals surface area contributed by atoms with E-state index < -0.39 is 23.8 Å². The van der Waals surface area contributed by atoms with Gasteiger partial charge in [-0.25, -0.2) is 4.79 Å². The molecule has 1 N–H and O–H groups in total. The number of hydrogen-bond donors (Lipinski definition) is 1. The van der Waals surface area contributed by atoms with E-state index >= 15 is 0 Å². The highest BCUT2D eigenvalue weighted by Gasteiger charge is 2.34. The van der Waals surface area contributed by atoms with Gasteiger partial charge in [0.05, 0.1) is 31.2 Å². The molecule has 1 saturated heterocycles. The second-order valence-corrected chi connectivity index (χ2v) is 5.35. The average molecular weight is 266 g/mol. The minimum atomic E-state index is -0.801. The van der Waals surface area contributed by atoms with Crippen LogP contribution in [0.15, 0.2) is 0 Å². The van der Waals surface area contributed by atoms with Crippen LogP contribution in [0.4, 0.5) is 4.79 Å². The highest BCUT2D eigenvalue weighted by molar-refractivity contribution is 6.18. The SMILES string of the molecule is CC(C)(C)OC(=O)N1CCOCC1C(O)CCl. The molecular formula is C11H20ClNO4. The molecule has 0 bridgehead atoms. The summed E-state index contributed by atoms with van der Waals surface area (Å²) in [4.78, 5) is 13.4. The maximum absolute atomic E-state index is 11.9. The van der Waals surface area contributed by atoms with Crippen LogP contribution in [0.3, 0.4) is 0 Å². The Hall–Kier alpha value is -0.520.